The van der Waals surface area contributed by atoms with Crippen molar-refractivity contribution < 1.29 is 19.3 Å². The molecule has 7 nitrogen and oxygen atoms in total. The number of morpholine rings is 1. The second-order valence-corrected chi connectivity index (χ2v) is 7.39. The summed E-state index contributed by atoms with van der Waals surface area (Å²) in [7, 11) is 1.61. The van der Waals surface area contributed by atoms with Crippen LogP contribution < -0.4 is 14.8 Å². The predicted molar refractivity (Wildman–Crippen MR) is 122 cm³/mol. The van der Waals surface area contributed by atoms with Crippen LogP contribution in [-0.4, -0.2) is 62.5 Å². The summed E-state index contributed by atoms with van der Waals surface area (Å²) in [4.78, 5) is 7.13. The van der Waals surface area contributed by atoms with Gasteiger partial charge >= 0.3 is 0 Å². The molecule has 1 atom stereocenters. The van der Waals surface area contributed by atoms with Gasteiger partial charge in [-0.05, 0) is 42.7 Å². The van der Waals surface area contributed by atoms with Crippen LogP contribution in [0.2, 0.25) is 0 Å². The van der Waals surface area contributed by atoms with E-state index in [4.69, 9.17) is 24.3 Å². The summed E-state index contributed by atoms with van der Waals surface area (Å²) >= 11 is 0. The zero-order chi connectivity index (χ0) is 22.1. The van der Waals surface area contributed by atoms with Crippen molar-refractivity contribution in [3.8, 4) is 11.5 Å². The molecule has 1 unspecified atom stereocenters. The molecule has 2 aromatic rings. The second-order valence-electron chi connectivity index (χ2n) is 7.39. The second kappa shape index (κ2) is 11.6. The molecular formula is C24H33N3O4. The fraction of sp³-hybridized carbons (Fsp3) is 0.458. The highest BCUT2D eigenvalue weighted by Gasteiger charge is 2.25. The van der Waals surface area contributed by atoms with Gasteiger partial charge in [0.1, 0.15) is 12.7 Å². The SMILES string of the molecule is CCNC(=NCc1ccc(OCCO)c(OC)c1)N1CCOC(c2ccccc2C)C1. The Kier molecular flexibility index (Phi) is 8.55. The topological polar surface area (TPSA) is 75.6 Å². The number of methoxy groups -OCH3 is 1. The Balaban J connectivity index is 1.73. The quantitative estimate of drug-likeness (QED) is 0.498. The van der Waals surface area contributed by atoms with Gasteiger partial charge in [0, 0.05) is 13.1 Å². The van der Waals surface area contributed by atoms with Crippen LogP contribution in [0, 0.1) is 6.92 Å². The summed E-state index contributed by atoms with van der Waals surface area (Å²) < 4.78 is 17.0. The molecule has 0 bridgehead atoms. The number of benzene rings is 2. The third kappa shape index (κ3) is 6.12. The zero-order valence-electron chi connectivity index (χ0n) is 18.6. The normalized spacial score (nSPS) is 16.8. The van der Waals surface area contributed by atoms with Crippen LogP contribution in [-0.2, 0) is 11.3 Å². The van der Waals surface area contributed by atoms with E-state index in [2.05, 4.69) is 48.3 Å². The van der Waals surface area contributed by atoms with Gasteiger partial charge in [-0.1, -0.05) is 30.3 Å². The summed E-state index contributed by atoms with van der Waals surface area (Å²) in [5, 5.41) is 12.4. The lowest BCUT2D eigenvalue weighted by Gasteiger charge is -2.35. The highest BCUT2D eigenvalue weighted by Crippen LogP contribution is 2.28. The van der Waals surface area contributed by atoms with Crippen molar-refractivity contribution in [1.29, 1.82) is 0 Å². The minimum Gasteiger partial charge on any atom is -0.493 e. The van der Waals surface area contributed by atoms with Crippen molar-refractivity contribution in [1.82, 2.24) is 10.2 Å². The van der Waals surface area contributed by atoms with Gasteiger partial charge in [-0.3, -0.25) is 0 Å². The minimum atomic E-state index is -0.0374. The van der Waals surface area contributed by atoms with E-state index < -0.39 is 0 Å². The first-order valence-electron chi connectivity index (χ1n) is 10.8. The summed E-state index contributed by atoms with van der Waals surface area (Å²) in [6.07, 6.45) is 0.0295. The van der Waals surface area contributed by atoms with E-state index in [1.54, 1.807) is 7.11 Å². The number of aliphatic hydroxyl groups excluding tert-OH is 1. The summed E-state index contributed by atoms with van der Waals surface area (Å²) in [5.41, 5.74) is 3.49. The Morgan fingerprint density at radius 1 is 1.26 bits per heavy atom. The Morgan fingerprint density at radius 2 is 2.10 bits per heavy atom. The Hall–Kier alpha value is -2.77. The van der Waals surface area contributed by atoms with E-state index in [1.165, 1.54) is 11.1 Å². The number of ether oxygens (including phenoxy) is 3. The molecule has 1 fully saturated rings. The number of guanidine groups is 1. The van der Waals surface area contributed by atoms with Crippen molar-refractivity contribution in [3.05, 3.63) is 59.2 Å². The van der Waals surface area contributed by atoms with E-state index in [1.807, 2.05) is 18.2 Å². The molecule has 31 heavy (non-hydrogen) atoms. The number of hydrogen-bond donors (Lipinski definition) is 2. The monoisotopic (exact) mass is 427 g/mol. The number of aryl methyl sites for hydroxylation is 1. The first kappa shape index (κ1) is 22.9. The largest absolute Gasteiger partial charge is 0.493 e. The summed E-state index contributed by atoms with van der Waals surface area (Å²) in [6.45, 7) is 7.92. The Morgan fingerprint density at radius 3 is 2.84 bits per heavy atom. The van der Waals surface area contributed by atoms with Crippen molar-refractivity contribution in [3.63, 3.8) is 0 Å². The molecule has 1 aliphatic rings. The van der Waals surface area contributed by atoms with Gasteiger partial charge in [0.15, 0.2) is 17.5 Å². The fourth-order valence-corrected chi connectivity index (χ4v) is 3.66. The molecule has 1 heterocycles. The third-order valence-corrected chi connectivity index (χ3v) is 5.22. The minimum absolute atomic E-state index is 0.0295. The van der Waals surface area contributed by atoms with Crippen LogP contribution in [0.25, 0.3) is 0 Å². The number of rotatable bonds is 8. The fourth-order valence-electron chi connectivity index (χ4n) is 3.66. The first-order valence-corrected chi connectivity index (χ1v) is 10.8. The molecule has 1 aliphatic heterocycles. The molecule has 0 spiro atoms. The number of aliphatic hydroxyl groups is 1. The van der Waals surface area contributed by atoms with E-state index >= 15 is 0 Å². The molecule has 7 heteroatoms. The molecule has 2 aromatic carbocycles. The summed E-state index contributed by atoms with van der Waals surface area (Å²) in [6, 6.07) is 14.1. The number of nitrogens with zero attached hydrogens (tertiary/aromatic N) is 2. The van der Waals surface area contributed by atoms with Crippen molar-refractivity contribution >= 4 is 5.96 Å². The third-order valence-electron chi connectivity index (χ3n) is 5.22. The van der Waals surface area contributed by atoms with Crippen LogP contribution in [0.15, 0.2) is 47.5 Å². The average molecular weight is 428 g/mol. The maximum absolute atomic E-state index is 8.97. The molecule has 3 rings (SSSR count). The van der Waals surface area contributed by atoms with E-state index in [0.29, 0.717) is 24.7 Å². The van der Waals surface area contributed by atoms with Gasteiger partial charge in [-0.2, -0.15) is 0 Å². The average Bonchev–Trinajstić information content (AvgIpc) is 2.81. The maximum atomic E-state index is 8.97. The van der Waals surface area contributed by atoms with Gasteiger partial charge in [0.05, 0.1) is 33.4 Å². The molecule has 2 N–H and O–H groups in total. The van der Waals surface area contributed by atoms with E-state index in [-0.39, 0.29) is 19.3 Å². The van der Waals surface area contributed by atoms with Gasteiger partial charge in [0.2, 0.25) is 0 Å². The molecule has 0 radical (unpaired) electrons. The van der Waals surface area contributed by atoms with E-state index in [9.17, 15) is 0 Å². The number of hydrogen-bond acceptors (Lipinski definition) is 5. The number of aliphatic imine (C=N–C) groups is 1. The van der Waals surface area contributed by atoms with E-state index in [0.717, 1.165) is 31.2 Å². The zero-order valence-corrected chi connectivity index (χ0v) is 18.6. The predicted octanol–water partition coefficient (Wildman–Crippen LogP) is 2.91. The van der Waals surface area contributed by atoms with Crippen molar-refractivity contribution in [2.45, 2.75) is 26.5 Å². The van der Waals surface area contributed by atoms with Crippen LogP contribution in [0.5, 0.6) is 11.5 Å². The molecule has 1 saturated heterocycles. The lowest BCUT2D eigenvalue weighted by molar-refractivity contribution is -0.00834. The molecule has 0 saturated carbocycles. The van der Waals surface area contributed by atoms with Gasteiger partial charge in [-0.15, -0.1) is 0 Å². The van der Waals surface area contributed by atoms with Crippen molar-refractivity contribution in [2.24, 2.45) is 4.99 Å². The lowest BCUT2D eigenvalue weighted by Crippen LogP contribution is -2.48. The molecule has 0 aliphatic carbocycles. The van der Waals surface area contributed by atoms with Gasteiger partial charge in [-0.25, -0.2) is 4.99 Å². The molecule has 0 aromatic heterocycles. The van der Waals surface area contributed by atoms with Gasteiger partial charge in [0.25, 0.3) is 0 Å². The number of nitrogens with one attached hydrogen (secondary N) is 1. The smallest absolute Gasteiger partial charge is 0.194 e. The summed E-state index contributed by atoms with van der Waals surface area (Å²) in [5.74, 6) is 2.13. The lowest BCUT2D eigenvalue weighted by atomic mass is 10.0. The Bertz CT molecular complexity index is 872. The molecule has 168 valence electrons. The van der Waals surface area contributed by atoms with Crippen LogP contribution in [0.4, 0.5) is 0 Å². The highest BCUT2D eigenvalue weighted by molar-refractivity contribution is 5.80. The molecule has 0 amide bonds. The van der Waals surface area contributed by atoms with Crippen LogP contribution in [0.1, 0.15) is 29.7 Å². The molecular weight excluding hydrogens is 394 g/mol. The highest BCUT2D eigenvalue weighted by atomic mass is 16.5. The van der Waals surface area contributed by atoms with Gasteiger partial charge < -0.3 is 29.5 Å². The van der Waals surface area contributed by atoms with Crippen LogP contribution >= 0.6 is 0 Å². The Labute approximate surface area is 184 Å². The first-order chi connectivity index (χ1) is 15.2. The van der Waals surface area contributed by atoms with Crippen molar-refractivity contribution in [2.75, 3.05) is 46.6 Å². The van der Waals surface area contributed by atoms with Crippen LogP contribution in [0.3, 0.4) is 0 Å². The standard InChI is InChI=1S/C24H33N3O4/c1-4-25-24(26-16-19-9-10-21(31-14-12-28)22(15-19)29-3)27-11-13-30-23(17-27)20-8-6-5-7-18(20)2/h5-10,15,23,28H,4,11-14,16-17H2,1-3H3,(H,25,26). The maximum Gasteiger partial charge on any atom is 0.194 e.